The molecule has 0 bridgehead atoms. The molecule has 4 rings (SSSR count). The van der Waals surface area contributed by atoms with E-state index in [2.05, 4.69) is 5.10 Å². The standard InChI is InChI=1S/C21H23F3N4O2/c22-21(23,24)16-5-3-4-15(12-16)13-19(29)26-8-10-27(11-9-26)20(30)17-14-25-28-7-2-1-6-18(17)28/h3-5,12,14H,1-2,6-11,13H2. The van der Waals surface area contributed by atoms with Crippen LogP contribution in [0.5, 0.6) is 0 Å². The number of hydrogen-bond acceptors (Lipinski definition) is 3. The summed E-state index contributed by atoms with van der Waals surface area (Å²) in [4.78, 5) is 28.8. The molecule has 160 valence electrons. The van der Waals surface area contributed by atoms with Crippen LogP contribution in [0.4, 0.5) is 13.2 Å². The van der Waals surface area contributed by atoms with Crippen molar-refractivity contribution < 1.29 is 22.8 Å². The van der Waals surface area contributed by atoms with E-state index in [4.69, 9.17) is 0 Å². The highest BCUT2D eigenvalue weighted by molar-refractivity contribution is 5.95. The fraction of sp³-hybridized carbons (Fsp3) is 0.476. The first-order valence-corrected chi connectivity index (χ1v) is 10.1. The Balaban J connectivity index is 1.35. The second-order valence-corrected chi connectivity index (χ2v) is 7.73. The molecular formula is C21H23F3N4O2. The summed E-state index contributed by atoms with van der Waals surface area (Å²) in [5.74, 6) is -0.299. The van der Waals surface area contributed by atoms with Crippen LogP contribution in [0.2, 0.25) is 0 Å². The third kappa shape index (κ3) is 4.20. The number of rotatable bonds is 3. The van der Waals surface area contributed by atoms with Crippen molar-refractivity contribution in [2.24, 2.45) is 0 Å². The average molecular weight is 420 g/mol. The number of carbonyl (C=O) groups is 2. The molecule has 3 heterocycles. The van der Waals surface area contributed by atoms with E-state index in [0.717, 1.165) is 43.6 Å². The van der Waals surface area contributed by atoms with Gasteiger partial charge in [-0.25, -0.2) is 0 Å². The second kappa shape index (κ2) is 8.12. The zero-order chi connectivity index (χ0) is 21.3. The van der Waals surface area contributed by atoms with E-state index in [-0.39, 0.29) is 18.2 Å². The topological polar surface area (TPSA) is 58.4 Å². The Labute approximate surface area is 172 Å². The molecule has 0 atom stereocenters. The van der Waals surface area contributed by atoms with Gasteiger partial charge in [0.05, 0.1) is 29.4 Å². The van der Waals surface area contributed by atoms with Crippen LogP contribution in [0.3, 0.4) is 0 Å². The first kappa shape index (κ1) is 20.4. The van der Waals surface area contributed by atoms with Gasteiger partial charge in [-0.05, 0) is 30.9 Å². The van der Waals surface area contributed by atoms with Crippen molar-refractivity contribution in [2.45, 2.75) is 38.4 Å². The molecule has 0 spiro atoms. The van der Waals surface area contributed by atoms with Gasteiger partial charge in [-0.15, -0.1) is 0 Å². The number of aromatic nitrogens is 2. The third-order valence-electron chi connectivity index (χ3n) is 5.74. The molecular weight excluding hydrogens is 397 g/mol. The monoisotopic (exact) mass is 420 g/mol. The first-order chi connectivity index (χ1) is 14.3. The van der Waals surface area contributed by atoms with Crippen LogP contribution in [-0.2, 0) is 30.4 Å². The van der Waals surface area contributed by atoms with Crippen LogP contribution < -0.4 is 0 Å². The molecule has 0 unspecified atom stereocenters. The lowest BCUT2D eigenvalue weighted by Crippen LogP contribution is -2.51. The molecule has 1 aromatic carbocycles. The molecule has 6 nitrogen and oxygen atoms in total. The number of nitrogens with zero attached hydrogens (tertiary/aromatic N) is 4. The zero-order valence-electron chi connectivity index (χ0n) is 16.5. The Hall–Kier alpha value is -2.84. The number of hydrogen-bond donors (Lipinski definition) is 0. The number of amides is 2. The molecule has 2 aliphatic rings. The number of alkyl halides is 3. The van der Waals surface area contributed by atoms with E-state index in [1.807, 2.05) is 4.68 Å². The number of fused-ring (bicyclic) bond motifs is 1. The Morgan fingerprint density at radius 2 is 1.73 bits per heavy atom. The highest BCUT2D eigenvalue weighted by Crippen LogP contribution is 2.29. The average Bonchev–Trinajstić information content (AvgIpc) is 3.17. The molecule has 1 saturated heterocycles. The van der Waals surface area contributed by atoms with Gasteiger partial charge in [-0.3, -0.25) is 14.3 Å². The van der Waals surface area contributed by atoms with E-state index < -0.39 is 11.7 Å². The van der Waals surface area contributed by atoms with Crippen molar-refractivity contribution in [1.29, 1.82) is 0 Å². The molecule has 1 aromatic heterocycles. The maximum absolute atomic E-state index is 12.9. The predicted octanol–water partition coefficient (Wildman–Crippen LogP) is 2.77. The van der Waals surface area contributed by atoms with Crippen molar-refractivity contribution in [3.8, 4) is 0 Å². The van der Waals surface area contributed by atoms with Crippen molar-refractivity contribution in [3.05, 3.63) is 52.8 Å². The Kier molecular flexibility index (Phi) is 5.53. The highest BCUT2D eigenvalue weighted by Gasteiger charge is 2.31. The minimum absolute atomic E-state index is 0.0665. The van der Waals surface area contributed by atoms with Crippen LogP contribution in [0.15, 0.2) is 30.5 Å². The van der Waals surface area contributed by atoms with Gasteiger partial charge < -0.3 is 9.80 Å². The van der Waals surface area contributed by atoms with Crippen molar-refractivity contribution in [3.63, 3.8) is 0 Å². The van der Waals surface area contributed by atoms with Crippen molar-refractivity contribution in [2.75, 3.05) is 26.2 Å². The fourth-order valence-electron chi connectivity index (χ4n) is 4.07. The maximum Gasteiger partial charge on any atom is 0.416 e. The molecule has 30 heavy (non-hydrogen) atoms. The summed E-state index contributed by atoms with van der Waals surface area (Å²) in [5.41, 5.74) is 1.19. The zero-order valence-corrected chi connectivity index (χ0v) is 16.5. The number of aryl methyl sites for hydroxylation is 1. The van der Waals surface area contributed by atoms with Gasteiger partial charge >= 0.3 is 6.18 Å². The van der Waals surface area contributed by atoms with Gasteiger partial charge in [-0.2, -0.15) is 18.3 Å². The minimum Gasteiger partial charge on any atom is -0.339 e. The van der Waals surface area contributed by atoms with Gasteiger partial charge in [0.15, 0.2) is 0 Å². The summed E-state index contributed by atoms with van der Waals surface area (Å²) in [6.45, 7) is 2.37. The lowest BCUT2D eigenvalue weighted by molar-refractivity contribution is -0.138. The maximum atomic E-state index is 12.9. The summed E-state index contributed by atoms with van der Waals surface area (Å²) < 4.78 is 40.5. The fourth-order valence-corrected chi connectivity index (χ4v) is 4.07. The molecule has 0 saturated carbocycles. The lowest BCUT2D eigenvalue weighted by Gasteiger charge is -2.35. The number of piperazine rings is 1. The molecule has 2 aromatic rings. The van der Waals surface area contributed by atoms with Crippen LogP contribution >= 0.6 is 0 Å². The molecule has 1 fully saturated rings. The minimum atomic E-state index is -4.43. The van der Waals surface area contributed by atoms with Gasteiger partial charge in [0.1, 0.15) is 0 Å². The van der Waals surface area contributed by atoms with E-state index in [1.165, 1.54) is 12.1 Å². The Morgan fingerprint density at radius 1 is 1.00 bits per heavy atom. The molecule has 2 aliphatic heterocycles. The summed E-state index contributed by atoms with van der Waals surface area (Å²) in [6, 6.07) is 4.85. The van der Waals surface area contributed by atoms with Crippen LogP contribution in [0, 0.1) is 0 Å². The van der Waals surface area contributed by atoms with Gasteiger partial charge in [0.25, 0.3) is 5.91 Å². The van der Waals surface area contributed by atoms with Crippen molar-refractivity contribution in [1.82, 2.24) is 19.6 Å². The smallest absolute Gasteiger partial charge is 0.339 e. The third-order valence-corrected chi connectivity index (χ3v) is 5.74. The quantitative estimate of drug-likeness (QED) is 0.767. The molecule has 0 N–H and O–H groups in total. The van der Waals surface area contributed by atoms with Gasteiger partial charge in [-0.1, -0.05) is 18.2 Å². The molecule has 0 aliphatic carbocycles. The number of carbonyl (C=O) groups excluding carboxylic acids is 2. The second-order valence-electron chi connectivity index (χ2n) is 7.73. The Morgan fingerprint density at radius 3 is 2.47 bits per heavy atom. The molecule has 2 amide bonds. The van der Waals surface area contributed by atoms with E-state index in [0.29, 0.717) is 37.3 Å². The number of benzene rings is 1. The largest absolute Gasteiger partial charge is 0.416 e. The summed E-state index contributed by atoms with van der Waals surface area (Å²) >= 11 is 0. The normalized spacial score (nSPS) is 17.0. The molecule has 9 heteroatoms. The van der Waals surface area contributed by atoms with E-state index >= 15 is 0 Å². The summed E-state index contributed by atoms with van der Waals surface area (Å²) in [5, 5.41) is 4.31. The van der Waals surface area contributed by atoms with Crippen LogP contribution in [0.1, 0.15) is 40.0 Å². The summed E-state index contributed by atoms with van der Waals surface area (Å²) in [6.07, 6.45) is 0.0659. The molecule has 0 radical (unpaired) electrons. The predicted molar refractivity (Wildman–Crippen MR) is 103 cm³/mol. The van der Waals surface area contributed by atoms with Gasteiger partial charge in [0, 0.05) is 32.7 Å². The number of halogens is 3. The van der Waals surface area contributed by atoms with E-state index in [1.54, 1.807) is 16.0 Å². The van der Waals surface area contributed by atoms with Gasteiger partial charge in [0.2, 0.25) is 5.91 Å². The first-order valence-electron chi connectivity index (χ1n) is 10.1. The lowest BCUT2D eigenvalue weighted by atomic mass is 10.1. The summed E-state index contributed by atoms with van der Waals surface area (Å²) in [7, 11) is 0. The Bertz CT molecular complexity index is 946. The van der Waals surface area contributed by atoms with Crippen LogP contribution in [0.25, 0.3) is 0 Å². The van der Waals surface area contributed by atoms with Crippen LogP contribution in [-0.4, -0.2) is 57.6 Å². The SMILES string of the molecule is O=C(Cc1cccc(C(F)(F)F)c1)N1CCN(C(=O)c2cnn3c2CCCC3)CC1. The van der Waals surface area contributed by atoms with Crippen molar-refractivity contribution >= 4 is 11.8 Å². The highest BCUT2D eigenvalue weighted by atomic mass is 19.4. The van der Waals surface area contributed by atoms with E-state index in [9.17, 15) is 22.8 Å².